The first-order chi connectivity index (χ1) is 62.4. The Morgan fingerprint density at radius 2 is 0.870 bits per heavy atom. The number of allylic oxidation sites excluding steroid dienone is 3. The van der Waals surface area contributed by atoms with Gasteiger partial charge in [0.25, 0.3) is 0 Å². The number of H-pyrrole nitrogens is 4. The topological polar surface area (TPSA) is 149 Å². The van der Waals surface area contributed by atoms with E-state index in [1.54, 1.807) is 0 Å². The Labute approximate surface area is 781 Å². The number of hydrogen-bond acceptors (Lipinski definition) is 6. The number of fused-ring (bicyclic) bond motifs is 16. The van der Waals surface area contributed by atoms with Gasteiger partial charge in [0.15, 0.2) is 0 Å². The Balaban J connectivity index is 0.000000110. The van der Waals surface area contributed by atoms with E-state index >= 15 is 0 Å². The average Bonchev–Trinajstić information content (AvgIpc) is 1.48. The number of aryl methyl sites for hydroxylation is 11. The van der Waals surface area contributed by atoms with Crippen LogP contribution in [0.15, 0.2) is 212 Å². The van der Waals surface area contributed by atoms with Crippen molar-refractivity contribution in [1.82, 2.24) is 49.0 Å². The summed E-state index contributed by atoms with van der Waals surface area (Å²) in [5, 5.41) is 2.58. The van der Waals surface area contributed by atoms with Crippen molar-refractivity contribution in [2.45, 2.75) is 200 Å². The Bertz CT molecular complexity index is 7850. The van der Waals surface area contributed by atoms with Crippen molar-refractivity contribution in [3.05, 3.63) is 355 Å². The number of hydrogen-bond donors (Lipinski definition) is 4. The van der Waals surface area contributed by atoms with E-state index in [1.807, 2.05) is 30.3 Å². The second kappa shape index (κ2) is 30.8. The zero-order valence-electron chi connectivity index (χ0n) is 79.4. The molecule has 5 aromatic carbocycles. The van der Waals surface area contributed by atoms with Gasteiger partial charge in [-0.25, -0.2) is 9.97 Å². The molecule has 0 amide bonds. The maximum Gasteiger partial charge on any atom is 0.553 e. The highest BCUT2D eigenvalue weighted by atomic mass is 127. The van der Waals surface area contributed by atoms with Gasteiger partial charge in [0.2, 0.25) is 22.8 Å². The summed E-state index contributed by atoms with van der Waals surface area (Å²) in [4.78, 5) is 35.1. The third kappa shape index (κ3) is 13.8. The van der Waals surface area contributed by atoms with Gasteiger partial charge in [0, 0.05) is 121 Å². The molecule has 4 N–H and O–H groups in total. The lowest BCUT2D eigenvalue weighted by molar-refractivity contribution is -0.835. The Kier molecular flexibility index (Phi) is 20.0. The molecule has 1 spiro atoms. The van der Waals surface area contributed by atoms with Gasteiger partial charge in [-0.2, -0.15) is 9.13 Å². The van der Waals surface area contributed by atoms with Gasteiger partial charge in [-0.05, 0) is 335 Å². The molecule has 11 aliphatic rings. The Morgan fingerprint density at radius 3 is 1.44 bits per heavy atom. The molecule has 16 bridgehead atoms. The summed E-state index contributed by atoms with van der Waals surface area (Å²) in [7, 11) is -0.240. The number of nitrogens with zero attached hydrogens (tertiary/aromatic N) is 8. The van der Waals surface area contributed by atoms with Crippen LogP contribution in [0.3, 0.4) is 0 Å². The van der Waals surface area contributed by atoms with E-state index in [0.717, 1.165) is 140 Å². The summed E-state index contributed by atoms with van der Waals surface area (Å²) < 4.78 is 23.7. The molecule has 11 aliphatic heterocycles. The van der Waals surface area contributed by atoms with Crippen LogP contribution in [0, 0.1) is 85.1 Å². The third-order valence-electron chi connectivity index (χ3n) is 29.2. The molecule has 0 radical (unpaired) electrons. The second-order valence-electron chi connectivity index (χ2n) is 40.9. The van der Waals surface area contributed by atoms with E-state index in [-0.39, 0.29) is 34.6 Å². The maximum atomic E-state index is 5.93. The predicted molar refractivity (Wildman–Crippen MR) is 549 cm³/mol. The SMILES string of the molecule is CC1(C)OB(c2ccccc2)OC1(C)C.CC1=c2ccc3n2[C@]24n5c(ccc5C(c5c(C)cc(C)cc5C)=C5C=CC1=[N+]52)C(c1ccccc1)=C1CC(C)(C)C(=[N+]14)C=3.Cc1cc(C)c(-c2c3nc(c(C)c4ccc(cc5nc(c(I)c6ccc2[nH]6)CC5(C)C)[nH]4)C=C3)c(C)c1.Cc1cc(C)c(-c2c3nc(c(C)c4ccc(cc5nc(cc6ccc2[nH]6)CC5(C)C)[nH]4)C=C3)c(C)c1. The second-order valence-corrected chi connectivity index (χ2v) is 42.0. The van der Waals surface area contributed by atoms with Crippen LogP contribution < -0.4 is 16.2 Å². The van der Waals surface area contributed by atoms with Crippen molar-refractivity contribution >= 4 is 138 Å². The highest BCUT2D eigenvalue weighted by Gasteiger charge is 2.74. The van der Waals surface area contributed by atoms with Crippen molar-refractivity contribution in [3.8, 4) is 22.3 Å². The summed E-state index contributed by atoms with van der Waals surface area (Å²) in [6.45, 7) is 48.7. The molecule has 0 unspecified atom stereocenters. The van der Waals surface area contributed by atoms with Gasteiger partial charge < -0.3 is 29.2 Å². The normalized spacial score (nSPS) is 18.2. The summed E-state index contributed by atoms with van der Waals surface area (Å²) in [5.74, 6) is -0.600. The minimum Gasteiger partial charge on any atom is -0.399 e. The monoisotopic (exact) mass is 1830 g/mol. The smallest absolute Gasteiger partial charge is 0.399 e. The van der Waals surface area contributed by atoms with Crippen LogP contribution >= 0.6 is 22.6 Å². The van der Waals surface area contributed by atoms with Crippen molar-refractivity contribution in [2.75, 3.05) is 0 Å². The highest BCUT2D eigenvalue weighted by molar-refractivity contribution is 14.1. The van der Waals surface area contributed by atoms with Crippen LogP contribution in [0.1, 0.15) is 212 Å². The average molecular weight is 1830 g/mol. The lowest BCUT2D eigenvalue weighted by atomic mass is 9.79. The number of halogens is 1. The fraction of sp³-hybridized carbons (Fsp3) is 0.270. The number of aromatic amines is 4. The molecule has 14 nitrogen and oxygen atoms in total. The molecular weight excluding hydrogens is 1720 g/mol. The zero-order chi connectivity index (χ0) is 91.5. The molecule has 654 valence electrons. The van der Waals surface area contributed by atoms with Gasteiger partial charge in [-0.15, -0.1) is 0 Å². The number of nitrogens with one attached hydrogen (secondary N) is 4. The van der Waals surface area contributed by atoms with Gasteiger partial charge in [-0.1, -0.05) is 151 Å². The van der Waals surface area contributed by atoms with Gasteiger partial charge in [0.05, 0.1) is 87.4 Å². The molecule has 16 heteroatoms. The molecule has 1 saturated heterocycles. The molecule has 24 rings (SSSR count). The largest absolute Gasteiger partial charge is 0.553 e. The van der Waals surface area contributed by atoms with Crippen molar-refractivity contribution in [3.63, 3.8) is 0 Å². The third-order valence-corrected chi connectivity index (χ3v) is 30.4. The van der Waals surface area contributed by atoms with E-state index in [2.05, 4.69) is 413 Å². The molecule has 13 aromatic rings. The lowest BCUT2D eigenvalue weighted by Crippen LogP contribution is -2.70. The van der Waals surface area contributed by atoms with Crippen LogP contribution in [0.4, 0.5) is 0 Å². The summed E-state index contributed by atoms with van der Waals surface area (Å²) in [6.07, 6.45) is 18.6. The highest BCUT2D eigenvalue weighted by Crippen LogP contribution is 2.57. The number of benzene rings is 5. The summed E-state index contributed by atoms with van der Waals surface area (Å²) >= 11 is 2.46. The van der Waals surface area contributed by atoms with Gasteiger partial charge in [0.1, 0.15) is 0 Å². The van der Waals surface area contributed by atoms with Crippen molar-refractivity contribution in [1.29, 1.82) is 0 Å². The predicted octanol–water partition coefficient (Wildman–Crippen LogP) is 24.2. The van der Waals surface area contributed by atoms with Gasteiger partial charge >= 0.3 is 13.0 Å². The van der Waals surface area contributed by atoms with Crippen LogP contribution in [0.25, 0.3) is 113 Å². The Hall–Kier alpha value is -12.6. The van der Waals surface area contributed by atoms with E-state index in [4.69, 9.17) is 29.2 Å². The molecule has 0 saturated carbocycles. The molecular formula is C115H114BIN12O2+2. The number of rotatable bonds is 5. The molecule has 8 aromatic heterocycles. The molecule has 0 aliphatic carbocycles. The minimum atomic E-state index is -0.600. The molecule has 1 fully saturated rings. The van der Waals surface area contributed by atoms with Gasteiger partial charge in [-0.3, -0.25) is 9.97 Å². The molecule has 131 heavy (non-hydrogen) atoms. The Morgan fingerprint density at radius 1 is 0.397 bits per heavy atom. The first-order valence-electron chi connectivity index (χ1n) is 46.2. The fourth-order valence-electron chi connectivity index (χ4n) is 22.3. The summed E-state index contributed by atoms with van der Waals surface area (Å²) in [6, 6.07) is 68.2. The van der Waals surface area contributed by atoms with Crippen molar-refractivity contribution in [2.24, 2.45) is 5.41 Å². The van der Waals surface area contributed by atoms with Crippen molar-refractivity contribution < 1.29 is 18.5 Å². The summed E-state index contributed by atoms with van der Waals surface area (Å²) in [5.41, 5.74) is 50.6. The van der Waals surface area contributed by atoms with E-state index in [0.29, 0.717) is 0 Å². The zero-order valence-corrected chi connectivity index (χ0v) is 81.6. The fourth-order valence-corrected chi connectivity index (χ4v) is 23.0. The quantitative estimate of drug-likeness (QED) is 0.0766. The maximum absolute atomic E-state index is 5.93. The lowest BCUT2D eigenvalue weighted by Gasteiger charge is -2.40. The van der Waals surface area contributed by atoms with Crippen LogP contribution in [-0.4, -0.2) is 87.9 Å². The van der Waals surface area contributed by atoms with E-state index < -0.39 is 5.91 Å². The number of aromatic nitrogens is 10. The van der Waals surface area contributed by atoms with E-state index in [1.165, 1.54) is 134 Å². The minimum absolute atomic E-state index is 0.0121. The van der Waals surface area contributed by atoms with Crippen LogP contribution in [0.2, 0.25) is 0 Å². The van der Waals surface area contributed by atoms with E-state index in [9.17, 15) is 0 Å². The molecule has 1 atom stereocenters. The first-order valence-corrected chi connectivity index (χ1v) is 47.3. The van der Waals surface area contributed by atoms with Crippen LogP contribution in [0.5, 0.6) is 0 Å². The molecule has 19 heterocycles. The standard InChI is InChI=1S/C39H34N4.C32H31IN4.C32H32N4.C12H17BO2/c1-22-18-23(2)35(24(3)19-22)37-31-15-14-29-25(4)28-13-12-27-20-34-38(5,6)21-33-36(26-10-8-7-9-11-26)30-16-17-32(37)42(30)39(40(27)28,41(29)31)43(33)34;1-17-13-18(2)29(19(3)14-17)30-24-10-9-23(35-24)20(4)22-8-7-21(34-22)15-28-32(5,6)16-27(37-28)31(33)26-12-11-25(30)36-26;1-18-13-19(2)30(20(3)14-18)31-27-10-8-22(34-27)15-24-17-32(5,6)29(35-24)16-23-7-9-25(33-23)21(4)26-11-12-28(31)36-26;1-11(2)12(3,4)15-13(14-11)10-8-6-5-7-9-10/h7-20H,21H2,1-6H3;7-15,34,36H,16H2,1-6H3;7-16,33-34H,17H2,1-6H3;5-9H,1-4H3/q+2;;;/t39-;;;/m1.../s1. The first kappa shape index (κ1) is 85.2. The van der Waals surface area contributed by atoms with Crippen LogP contribution in [-0.2, 0) is 38.9 Å².